The van der Waals surface area contributed by atoms with Gasteiger partial charge in [0, 0.05) is 36.7 Å². The van der Waals surface area contributed by atoms with Crippen LogP contribution in [0.25, 0.3) is 0 Å². The lowest BCUT2D eigenvalue weighted by Gasteiger charge is -2.33. The van der Waals surface area contributed by atoms with Crippen LogP contribution in [-0.4, -0.2) is 63.1 Å². The molecule has 6 nitrogen and oxygen atoms in total. The third-order valence-corrected chi connectivity index (χ3v) is 5.91. The summed E-state index contributed by atoms with van der Waals surface area (Å²) in [6.45, 7) is 10.2. The summed E-state index contributed by atoms with van der Waals surface area (Å²) in [6, 6.07) is 2.27. The number of fused-ring (bicyclic) bond motifs is 2. The summed E-state index contributed by atoms with van der Waals surface area (Å²) in [4.78, 5) is 16.7. The summed E-state index contributed by atoms with van der Waals surface area (Å²) in [5.41, 5.74) is 4.64. The zero-order valence-electron chi connectivity index (χ0n) is 17.3. The van der Waals surface area contributed by atoms with Crippen LogP contribution in [0.3, 0.4) is 0 Å². The highest BCUT2D eigenvalue weighted by atomic mass is 127. The first-order chi connectivity index (χ1) is 13.3. The fourth-order valence-electron chi connectivity index (χ4n) is 3.81. The normalized spacial score (nSPS) is 16.8. The molecule has 156 valence electrons. The van der Waals surface area contributed by atoms with Crippen molar-refractivity contribution in [1.29, 1.82) is 0 Å². The number of anilines is 1. The van der Waals surface area contributed by atoms with E-state index in [1.807, 2.05) is 25.7 Å². The van der Waals surface area contributed by atoms with Crippen molar-refractivity contribution in [3.63, 3.8) is 0 Å². The summed E-state index contributed by atoms with van der Waals surface area (Å²) in [6.07, 6.45) is 1.45. The van der Waals surface area contributed by atoms with Gasteiger partial charge >= 0.3 is 6.09 Å². The maximum Gasteiger partial charge on any atom is 0.410 e. The average molecular weight is 502 g/mol. The minimum absolute atomic E-state index is 0.223. The van der Waals surface area contributed by atoms with Crippen LogP contribution in [0.15, 0.2) is 6.07 Å². The number of hydrogen-bond acceptors (Lipinski definition) is 5. The van der Waals surface area contributed by atoms with Crippen molar-refractivity contribution in [3.05, 3.63) is 22.8 Å². The Morgan fingerprint density at radius 3 is 2.68 bits per heavy atom. The number of rotatable bonds is 4. The summed E-state index contributed by atoms with van der Waals surface area (Å²) in [5.74, 6) is 1.02. The molecule has 0 fully saturated rings. The van der Waals surface area contributed by atoms with Crippen LogP contribution >= 0.6 is 22.6 Å². The maximum atomic E-state index is 12.6. The molecule has 0 saturated heterocycles. The third-order valence-electron chi connectivity index (χ3n) is 5.15. The first kappa shape index (κ1) is 21.5. The molecule has 7 heteroatoms. The van der Waals surface area contributed by atoms with Gasteiger partial charge < -0.3 is 24.0 Å². The van der Waals surface area contributed by atoms with Gasteiger partial charge in [-0.05, 0) is 50.8 Å². The number of carbonyl (C=O) groups excluding carboxylic acids is 1. The highest BCUT2D eigenvalue weighted by molar-refractivity contribution is 14.1. The average Bonchev–Trinajstić information content (AvgIpc) is 2.85. The zero-order chi connectivity index (χ0) is 20.3. The molecule has 0 aromatic heterocycles. The summed E-state index contributed by atoms with van der Waals surface area (Å²) < 4.78 is 17.9. The number of ether oxygens (including phenoxy) is 3. The van der Waals surface area contributed by atoms with Gasteiger partial charge in [-0.2, -0.15) is 0 Å². The van der Waals surface area contributed by atoms with Crippen LogP contribution in [0.5, 0.6) is 5.75 Å². The number of hydrogen-bond donors (Lipinski definition) is 0. The van der Waals surface area contributed by atoms with Crippen molar-refractivity contribution in [2.75, 3.05) is 51.4 Å². The van der Waals surface area contributed by atoms with Crippen LogP contribution in [0, 0.1) is 0 Å². The van der Waals surface area contributed by atoms with E-state index in [1.54, 1.807) is 7.11 Å². The molecule has 2 aliphatic heterocycles. The first-order valence-corrected chi connectivity index (χ1v) is 11.4. The van der Waals surface area contributed by atoms with Crippen LogP contribution in [0.2, 0.25) is 0 Å². The molecule has 0 saturated carbocycles. The number of methoxy groups -OCH3 is 1. The molecular formula is C21H31IN2O4. The molecule has 1 amide bonds. The Morgan fingerprint density at radius 2 is 2.00 bits per heavy atom. The second-order valence-corrected chi connectivity index (χ2v) is 9.03. The smallest absolute Gasteiger partial charge is 0.410 e. The van der Waals surface area contributed by atoms with E-state index in [4.69, 9.17) is 14.2 Å². The Balaban J connectivity index is 1.87. The van der Waals surface area contributed by atoms with E-state index in [9.17, 15) is 4.79 Å². The van der Waals surface area contributed by atoms with Gasteiger partial charge in [0.1, 0.15) is 18.0 Å². The van der Waals surface area contributed by atoms with E-state index in [0.717, 1.165) is 36.1 Å². The van der Waals surface area contributed by atoms with Crippen LogP contribution in [0.1, 0.15) is 37.5 Å². The Morgan fingerprint density at radius 1 is 1.25 bits per heavy atom. The Labute approximate surface area is 181 Å². The van der Waals surface area contributed by atoms with Gasteiger partial charge in [-0.15, -0.1) is 0 Å². The van der Waals surface area contributed by atoms with Gasteiger partial charge in [0.05, 0.1) is 18.8 Å². The molecule has 0 bridgehead atoms. The molecule has 0 N–H and O–H groups in total. The molecule has 2 heterocycles. The Kier molecular flexibility index (Phi) is 6.96. The Hall–Kier alpha value is -1.22. The lowest BCUT2D eigenvalue weighted by molar-refractivity contribution is 0.0258. The van der Waals surface area contributed by atoms with E-state index in [1.165, 1.54) is 22.4 Å². The van der Waals surface area contributed by atoms with Gasteiger partial charge in [0.25, 0.3) is 0 Å². The van der Waals surface area contributed by atoms with E-state index < -0.39 is 5.60 Å². The topological polar surface area (TPSA) is 51.2 Å². The second kappa shape index (κ2) is 9.07. The fraction of sp³-hybridized carbons (Fsp3) is 0.667. The van der Waals surface area contributed by atoms with Crippen LogP contribution in [0.4, 0.5) is 10.5 Å². The van der Waals surface area contributed by atoms with Crippen molar-refractivity contribution in [2.24, 2.45) is 0 Å². The number of carbonyl (C=O) groups is 1. The Bertz CT molecular complexity index is 717. The zero-order valence-corrected chi connectivity index (χ0v) is 19.5. The molecule has 28 heavy (non-hydrogen) atoms. The largest absolute Gasteiger partial charge is 0.489 e. The highest BCUT2D eigenvalue weighted by Crippen LogP contribution is 2.41. The van der Waals surface area contributed by atoms with Crippen LogP contribution < -0.4 is 9.64 Å². The molecule has 2 aliphatic rings. The minimum atomic E-state index is -0.474. The van der Waals surface area contributed by atoms with Gasteiger partial charge in [0.2, 0.25) is 0 Å². The molecule has 0 spiro atoms. The number of halogens is 1. The lowest BCUT2D eigenvalue weighted by atomic mass is 9.95. The molecule has 0 aliphatic carbocycles. The van der Waals surface area contributed by atoms with Crippen molar-refractivity contribution in [1.82, 2.24) is 4.90 Å². The van der Waals surface area contributed by atoms with Crippen LogP contribution in [-0.2, 0) is 26.7 Å². The van der Waals surface area contributed by atoms with E-state index >= 15 is 0 Å². The lowest BCUT2D eigenvalue weighted by Crippen LogP contribution is -2.38. The van der Waals surface area contributed by atoms with Crippen molar-refractivity contribution in [3.8, 4) is 5.75 Å². The number of amides is 1. The molecule has 1 aromatic carbocycles. The number of alkyl halides is 1. The predicted octanol–water partition coefficient (Wildman–Crippen LogP) is 3.80. The van der Waals surface area contributed by atoms with Crippen molar-refractivity contribution < 1.29 is 19.0 Å². The second-order valence-electron chi connectivity index (χ2n) is 8.27. The molecule has 0 atom stereocenters. The molecule has 0 unspecified atom stereocenters. The van der Waals surface area contributed by atoms with Crippen molar-refractivity contribution >= 4 is 34.4 Å². The van der Waals surface area contributed by atoms with E-state index in [2.05, 4.69) is 33.6 Å². The van der Waals surface area contributed by atoms with Gasteiger partial charge in [0.15, 0.2) is 0 Å². The first-order valence-electron chi connectivity index (χ1n) is 9.92. The van der Waals surface area contributed by atoms with Gasteiger partial charge in [-0.1, -0.05) is 22.6 Å². The summed E-state index contributed by atoms with van der Waals surface area (Å²) >= 11 is 2.42. The van der Waals surface area contributed by atoms with Crippen molar-refractivity contribution in [2.45, 2.75) is 43.6 Å². The van der Waals surface area contributed by atoms with Gasteiger partial charge in [-0.3, -0.25) is 0 Å². The standard InChI is InChI=1S/C21H31IN2O4/c1-21(2,3)28-20(25)24-7-5-15-13-18-19(17(14-22)16(15)6-8-24)27-12-10-23(18)9-11-26-4/h13H,5-12,14H2,1-4H3. The van der Waals surface area contributed by atoms with E-state index in [0.29, 0.717) is 26.3 Å². The maximum absolute atomic E-state index is 12.6. The fourth-order valence-corrected chi connectivity index (χ4v) is 4.62. The molecule has 1 aromatic rings. The number of nitrogens with zero attached hydrogens (tertiary/aromatic N) is 2. The predicted molar refractivity (Wildman–Crippen MR) is 119 cm³/mol. The third kappa shape index (κ3) is 4.84. The SMILES string of the molecule is COCCN1CCOc2c1cc1c(c2CI)CCN(C(=O)OC(C)(C)C)CC1. The monoisotopic (exact) mass is 502 g/mol. The van der Waals surface area contributed by atoms with E-state index in [-0.39, 0.29) is 6.09 Å². The molecule has 0 radical (unpaired) electrons. The summed E-state index contributed by atoms with van der Waals surface area (Å²) in [5, 5.41) is 0. The molecule has 3 rings (SSSR count). The quantitative estimate of drug-likeness (QED) is 0.463. The molecular weight excluding hydrogens is 471 g/mol. The van der Waals surface area contributed by atoms with Gasteiger partial charge in [-0.25, -0.2) is 4.79 Å². The number of benzene rings is 1. The summed E-state index contributed by atoms with van der Waals surface area (Å²) in [7, 11) is 1.74. The highest BCUT2D eigenvalue weighted by Gasteiger charge is 2.29. The minimum Gasteiger partial charge on any atom is -0.489 e.